The molecule has 6 nitrogen and oxygen atoms in total. The minimum atomic E-state index is 0.213. The highest BCUT2D eigenvalue weighted by molar-refractivity contribution is 7.98. The number of morpholine rings is 1. The quantitative estimate of drug-likeness (QED) is 0.375. The van der Waals surface area contributed by atoms with Crippen molar-refractivity contribution < 1.29 is 4.74 Å². The van der Waals surface area contributed by atoms with Gasteiger partial charge in [0, 0.05) is 12.6 Å². The van der Waals surface area contributed by atoms with E-state index in [9.17, 15) is 0 Å². The standard InChI is InChI=1S/C12H21N5OS/c1-4-9-7-18-8(2)6-17(9)11-5-10(16-13)14-12(15-11)19-3/h5,8-9H,4,6-7,13H2,1-3H3,(H,14,15,16). The van der Waals surface area contributed by atoms with Crippen LogP contribution in [0.4, 0.5) is 11.6 Å². The number of nitrogens with zero attached hydrogens (tertiary/aromatic N) is 3. The number of hydrogen-bond donors (Lipinski definition) is 2. The SMILES string of the molecule is CCC1COC(C)CN1c1cc(NN)nc(SC)n1. The van der Waals surface area contributed by atoms with Gasteiger partial charge < -0.3 is 15.1 Å². The van der Waals surface area contributed by atoms with Gasteiger partial charge in [-0.05, 0) is 19.6 Å². The number of aromatic nitrogens is 2. The van der Waals surface area contributed by atoms with Crippen LogP contribution in [-0.2, 0) is 4.74 Å². The topological polar surface area (TPSA) is 76.3 Å². The predicted octanol–water partition coefficient (Wildman–Crippen LogP) is 1.49. The van der Waals surface area contributed by atoms with Crippen LogP contribution in [0.25, 0.3) is 0 Å². The van der Waals surface area contributed by atoms with Crippen molar-refractivity contribution in [2.45, 2.75) is 37.6 Å². The lowest BCUT2D eigenvalue weighted by atomic mass is 10.1. The first kappa shape index (κ1) is 14.4. The predicted molar refractivity (Wildman–Crippen MR) is 78.5 cm³/mol. The van der Waals surface area contributed by atoms with Gasteiger partial charge in [-0.1, -0.05) is 18.7 Å². The molecule has 1 aliphatic rings. The lowest BCUT2D eigenvalue weighted by Crippen LogP contribution is -2.49. The molecule has 0 spiro atoms. The molecular formula is C12H21N5OS. The molecule has 2 unspecified atom stereocenters. The van der Waals surface area contributed by atoms with Crippen LogP contribution in [0.3, 0.4) is 0 Å². The van der Waals surface area contributed by atoms with E-state index < -0.39 is 0 Å². The molecule has 7 heteroatoms. The summed E-state index contributed by atoms with van der Waals surface area (Å²) in [5, 5.41) is 0.722. The van der Waals surface area contributed by atoms with E-state index in [1.165, 1.54) is 11.8 Å². The molecule has 1 aromatic rings. The first-order valence-electron chi connectivity index (χ1n) is 6.45. The first-order valence-corrected chi connectivity index (χ1v) is 7.68. The molecule has 0 bridgehead atoms. The monoisotopic (exact) mass is 283 g/mol. The number of hydrazine groups is 1. The number of nitrogens with one attached hydrogen (secondary N) is 1. The van der Waals surface area contributed by atoms with E-state index in [-0.39, 0.29) is 6.10 Å². The Morgan fingerprint density at radius 3 is 3.00 bits per heavy atom. The molecule has 3 N–H and O–H groups in total. The minimum absolute atomic E-state index is 0.213. The van der Waals surface area contributed by atoms with Crippen LogP contribution in [-0.4, -0.2) is 41.5 Å². The molecular weight excluding hydrogens is 262 g/mol. The summed E-state index contributed by atoms with van der Waals surface area (Å²) in [5.41, 5.74) is 2.60. The van der Waals surface area contributed by atoms with Gasteiger partial charge in [0.25, 0.3) is 0 Å². The van der Waals surface area contributed by atoms with Crippen molar-refractivity contribution in [1.82, 2.24) is 9.97 Å². The number of thioether (sulfide) groups is 1. The van der Waals surface area contributed by atoms with E-state index in [2.05, 4.69) is 34.1 Å². The van der Waals surface area contributed by atoms with Gasteiger partial charge in [0.05, 0.1) is 18.8 Å². The molecule has 19 heavy (non-hydrogen) atoms. The molecule has 0 aliphatic carbocycles. The normalized spacial score (nSPS) is 23.5. The molecule has 2 heterocycles. The van der Waals surface area contributed by atoms with Gasteiger partial charge in [-0.15, -0.1) is 0 Å². The highest BCUT2D eigenvalue weighted by Crippen LogP contribution is 2.25. The number of ether oxygens (including phenoxy) is 1. The highest BCUT2D eigenvalue weighted by atomic mass is 32.2. The summed E-state index contributed by atoms with van der Waals surface area (Å²) in [6.45, 7) is 5.82. The summed E-state index contributed by atoms with van der Waals surface area (Å²) in [5.74, 6) is 7.03. The molecule has 0 amide bonds. The van der Waals surface area contributed by atoms with Gasteiger partial charge in [-0.3, -0.25) is 0 Å². The second kappa shape index (κ2) is 6.40. The van der Waals surface area contributed by atoms with E-state index in [1.54, 1.807) is 0 Å². The van der Waals surface area contributed by atoms with Crippen molar-refractivity contribution >= 4 is 23.4 Å². The Morgan fingerprint density at radius 1 is 1.58 bits per heavy atom. The second-order valence-corrected chi connectivity index (χ2v) is 5.37. The Kier molecular flexibility index (Phi) is 4.84. The number of anilines is 2. The van der Waals surface area contributed by atoms with Gasteiger partial charge in [-0.2, -0.15) is 0 Å². The zero-order valence-electron chi connectivity index (χ0n) is 11.6. The van der Waals surface area contributed by atoms with Gasteiger partial charge >= 0.3 is 0 Å². The average molecular weight is 283 g/mol. The molecule has 2 rings (SSSR count). The lowest BCUT2D eigenvalue weighted by Gasteiger charge is -2.39. The summed E-state index contributed by atoms with van der Waals surface area (Å²) in [6.07, 6.45) is 3.19. The van der Waals surface area contributed by atoms with Crippen molar-refractivity contribution in [2.24, 2.45) is 5.84 Å². The van der Waals surface area contributed by atoms with Crippen LogP contribution in [0, 0.1) is 0 Å². The molecule has 2 atom stereocenters. The van der Waals surface area contributed by atoms with E-state index in [0.29, 0.717) is 11.9 Å². The third-order valence-corrected chi connectivity index (χ3v) is 3.80. The molecule has 1 aliphatic heterocycles. The Bertz CT molecular complexity index is 408. The number of hydrogen-bond acceptors (Lipinski definition) is 7. The molecule has 0 saturated carbocycles. The second-order valence-electron chi connectivity index (χ2n) is 4.60. The van der Waals surface area contributed by atoms with Crippen LogP contribution < -0.4 is 16.2 Å². The van der Waals surface area contributed by atoms with Crippen molar-refractivity contribution in [1.29, 1.82) is 0 Å². The Labute approximate surface area is 118 Å². The van der Waals surface area contributed by atoms with E-state index in [0.717, 1.165) is 30.5 Å². The summed E-state index contributed by atoms with van der Waals surface area (Å²) < 4.78 is 5.72. The third-order valence-electron chi connectivity index (χ3n) is 3.26. The number of nitrogens with two attached hydrogens (primary N) is 1. The molecule has 0 radical (unpaired) electrons. The fourth-order valence-corrected chi connectivity index (χ4v) is 2.56. The molecule has 1 saturated heterocycles. The van der Waals surface area contributed by atoms with Gasteiger partial charge in [0.2, 0.25) is 0 Å². The third kappa shape index (κ3) is 3.29. The summed E-state index contributed by atoms with van der Waals surface area (Å²) >= 11 is 1.51. The molecule has 106 valence electrons. The van der Waals surface area contributed by atoms with Crippen molar-refractivity contribution in [3.8, 4) is 0 Å². The van der Waals surface area contributed by atoms with E-state index >= 15 is 0 Å². The summed E-state index contributed by atoms with van der Waals surface area (Å²) in [4.78, 5) is 11.2. The smallest absolute Gasteiger partial charge is 0.191 e. The number of rotatable bonds is 4. The van der Waals surface area contributed by atoms with Crippen LogP contribution in [0.5, 0.6) is 0 Å². The summed E-state index contributed by atoms with van der Waals surface area (Å²) in [6, 6.07) is 2.24. The maximum atomic E-state index is 5.72. The van der Waals surface area contributed by atoms with E-state index in [4.69, 9.17) is 10.6 Å². The Balaban J connectivity index is 2.31. The largest absolute Gasteiger partial charge is 0.375 e. The fraction of sp³-hybridized carbons (Fsp3) is 0.667. The van der Waals surface area contributed by atoms with Crippen LogP contribution in [0.15, 0.2) is 11.2 Å². The van der Waals surface area contributed by atoms with Crippen LogP contribution >= 0.6 is 11.8 Å². The summed E-state index contributed by atoms with van der Waals surface area (Å²) in [7, 11) is 0. The van der Waals surface area contributed by atoms with E-state index in [1.807, 2.05) is 12.3 Å². The lowest BCUT2D eigenvalue weighted by molar-refractivity contribution is 0.0295. The minimum Gasteiger partial charge on any atom is -0.375 e. The number of nitrogen functional groups attached to an aromatic ring is 1. The zero-order valence-corrected chi connectivity index (χ0v) is 12.4. The fourth-order valence-electron chi connectivity index (χ4n) is 2.19. The Morgan fingerprint density at radius 2 is 2.37 bits per heavy atom. The van der Waals surface area contributed by atoms with Crippen molar-refractivity contribution in [2.75, 3.05) is 29.7 Å². The maximum absolute atomic E-state index is 5.72. The maximum Gasteiger partial charge on any atom is 0.191 e. The Hall–Kier alpha value is -1.05. The molecule has 1 aromatic heterocycles. The van der Waals surface area contributed by atoms with Gasteiger partial charge in [-0.25, -0.2) is 15.8 Å². The van der Waals surface area contributed by atoms with Crippen LogP contribution in [0.1, 0.15) is 20.3 Å². The molecule has 1 fully saturated rings. The highest BCUT2D eigenvalue weighted by Gasteiger charge is 2.27. The van der Waals surface area contributed by atoms with Crippen molar-refractivity contribution in [3.63, 3.8) is 0 Å². The first-order chi connectivity index (χ1) is 9.17. The van der Waals surface area contributed by atoms with Crippen LogP contribution in [0.2, 0.25) is 0 Å². The van der Waals surface area contributed by atoms with Gasteiger partial charge in [0.1, 0.15) is 11.6 Å². The average Bonchev–Trinajstić information content (AvgIpc) is 2.46. The van der Waals surface area contributed by atoms with Gasteiger partial charge in [0.15, 0.2) is 5.16 Å². The van der Waals surface area contributed by atoms with Crippen molar-refractivity contribution in [3.05, 3.63) is 6.07 Å². The zero-order chi connectivity index (χ0) is 13.8. The molecule has 0 aromatic carbocycles.